The number of hydrogen-bond donors (Lipinski definition) is 2. The average Bonchev–Trinajstić information content (AvgIpc) is 3.04. The molecule has 0 unspecified atom stereocenters. The van der Waals surface area contributed by atoms with Crippen LogP contribution < -0.4 is 5.32 Å². The summed E-state index contributed by atoms with van der Waals surface area (Å²) >= 11 is 0. The van der Waals surface area contributed by atoms with Crippen LogP contribution in [-0.2, 0) is 7.05 Å². The predicted molar refractivity (Wildman–Crippen MR) is 79.9 cm³/mol. The Morgan fingerprint density at radius 3 is 2.90 bits per heavy atom. The molecule has 0 fully saturated rings. The summed E-state index contributed by atoms with van der Waals surface area (Å²) in [6.07, 6.45) is 1.74. The van der Waals surface area contributed by atoms with E-state index < -0.39 is 0 Å². The van der Waals surface area contributed by atoms with Gasteiger partial charge in [0.15, 0.2) is 0 Å². The molecule has 1 aromatic carbocycles. The van der Waals surface area contributed by atoms with Crippen molar-refractivity contribution >= 4 is 16.9 Å². The third-order valence-corrected chi connectivity index (χ3v) is 3.36. The third-order valence-electron chi connectivity index (χ3n) is 3.36. The molecule has 0 saturated carbocycles. The highest BCUT2D eigenvalue weighted by atomic mass is 16.2. The van der Waals surface area contributed by atoms with Gasteiger partial charge in [0, 0.05) is 13.2 Å². The monoisotopic (exact) mass is 283 g/mol. The molecule has 0 aliphatic carbocycles. The van der Waals surface area contributed by atoms with E-state index in [9.17, 15) is 4.79 Å². The number of carbonyl (C=O) groups is 1. The lowest BCUT2D eigenvalue weighted by Gasteiger charge is -2.09. The van der Waals surface area contributed by atoms with Gasteiger partial charge in [-0.3, -0.25) is 9.48 Å². The van der Waals surface area contributed by atoms with E-state index in [2.05, 4.69) is 20.4 Å². The summed E-state index contributed by atoms with van der Waals surface area (Å²) in [5.41, 5.74) is 3.44. The average molecular weight is 283 g/mol. The molecule has 2 aromatic heterocycles. The van der Waals surface area contributed by atoms with Crippen molar-refractivity contribution in [3.8, 4) is 0 Å². The Kier molecular flexibility index (Phi) is 3.21. The van der Waals surface area contributed by atoms with Gasteiger partial charge in [-0.05, 0) is 37.6 Å². The van der Waals surface area contributed by atoms with E-state index in [1.165, 1.54) is 5.56 Å². The Labute approximate surface area is 122 Å². The molecule has 2 heterocycles. The van der Waals surface area contributed by atoms with E-state index >= 15 is 0 Å². The van der Waals surface area contributed by atoms with Crippen molar-refractivity contribution in [3.63, 3.8) is 0 Å². The number of benzene rings is 1. The van der Waals surface area contributed by atoms with E-state index in [1.807, 2.05) is 32.0 Å². The Morgan fingerprint density at radius 2 is 2.19 bits per heavy atom. The Hall–Kier alpha value is -2.63. The molecule has 3 aromatic rings. The first-order chi connectivity index (χ1) is 10.0. The van der Waals surface area contributed by atoms with Gasteiger partial charge in [-0.1, -0.05) is 6.07 Å². The van der Waals surface area contributed by atoms with Crippen LogP contribution in [-0.4, -0.2) is 25.7 Å². The first kappa shape index (κ1) is 13.4. The van der Waals surface area contributed by atoms with E-state index in [-0.39, 0.29) is 11.9 Å². The maximum Gasteiger partial charge on any atom is 0.272 e. The fourth-order valence-electron chi connectivity index (χ4n) is 2.22. The smallest absolute Gasteiger partial charge is 0.272 e. The number of nitrogens with zero attached hydrogens (tertiary/aromatic N) is 3. The molecule has 0 aliphatic rings. The van der Waals surface area contributed by atoms with Gasteiger partial charge in [0.1, 0.15) is 11.5 Å². The maximum atomic E-state index is 12.1. The van der Waals surface area contributed by atoms with Crippen molar-refractivity contribution in [1.82, 2.24) is 25.1 Å². The normalized spacial score (nSPS) is 12.5. The number of H-pyrrole nitrogens is 1. The Balaban J connectivity index is 1.80. The largest absolute Gasteiger partial charge is 0.341 e. The summed E-state index contributed by atoms with van der Waals surface area (Å²) < 4.78 is 1.60. The van der Waals surface area contributed by atoms with Crippen molar-refractivity contribution in [3.05, 3.63) is 47.5 Å². The van der Waals surface area contributed by atoms with Crippen LogP contribution in [0.5, 0.6) is 0 Å². The summed E-state index contributed by atoms with van der Waals surface area (Å²) in [7, 11) is 1.78. The Bertz CT molecular complexity index is 801. The van der Waals surface area contributed by atoms with Crippen LogP contribution >= 0.6 is 0 Å². The molecule has 21 heavy (non-hydrogen) atoms. The van der Waals surface area contributed by atoms with Crippen molar-refractivity contribution in [2.75, 3.05) is 0 Å². The number of fused-ring (bicyclic) bond motifs is 1. The molecular formula is C15H17N5O. The van der Waals surface area contributed by atoms with Crippen molar-refractivity contribution in [2.24, 2.45) is 7.05 Å². The lowest BCUT2D eigenvalue weighted by Crippen LogP contribution is -2.27. The molecule has 1 atom stereocenters. The minimum atomic E-state index is -0.216. The van der Waals surface area contributed by atoms with Crippen molar-refractivity contribution in [1.29, 1.82) is 0 Å². The van der Waals surface area contributed by atoms with Crippen LogP contribution in [0.1, 0.15) is 34.8 Å². The molecule has 2 N–H and O–H groups in total. The SMILES string of the molecule is Cc1ccc2nc([C@@H](C)NC(=O)c3ccn(C)n3)[nH]c2c1. The zero-order valence-corrected chi connectivity index (χ0v) is 12.2. The molecule has 6 heteroatoms. The van der Waals surface area contributed by atoms with Crippen LogP contribution in [0.4, 0.5) is 0 Å². The molecule has 0 aliphatic heterocycles. The quantitative estimate of drug-likeness (QED) is 0.773. The lowest BCUT2D eigenvalue weighted by molar-refractivity contribution is 0.0932. The van der Waals surface area contributed by atoms with Gasteiger partial charge >= 0.3 is 0 Å². The summed E-state index contributed by atoms with van der Waals surface area (Å²) in [4.78, 5) is 19.8. The summed E-state index contributed by atoms with van der Waals surface area (Å²) in [5, 5.41) is 6.98. The highest BCUT2D eigenvalue weighted by Crippen LogP contribution is 2.17. The second kappa shape index (κ2) is 5.05. The number of nitrogens with one attached hydrogen (secondary N) is 2. The van der Waals surface area contributed by atoms with E-state index in [1.54, 1.807) is 24.0 Å². The maximum absolute atomic E-state index is 12.1. The molecule has 3 rings (SSSR count). The predicted octanol–water partition coefficient (Wildman–Crippen LogP) is 2.10. The van der Waals surface area contributed by atoms with Crippen LogP contribution in [0.15, 0.2) is 30.5 Å². The van der Waals surface area contributed by atoms with Gasteiger partial charge in [-0.25, -0.2) is 4.98 Å². The number of aromatic nitrogens is 4. The molecule has 0 radical (unpaired) electrons. The lowest BCUT2D eigenvalue weighted by atomic mass is 10.2. The summed E-state index contributed by atoms with van der Waals surface area (Å²) in [6, 6.07) is 7.50. The summed E-state index contributed by atoms with van der Waals surface area (Å²) in [6.45, 7) is 3.93. The summed E-state index contributed by atoms with van der Waals surface area (Å²) in [5.74, 6) is 0.527. The number of aromatic amines is 1. The zero-order valence-electron chi connectivity index (χ0n) is 12.2. The minimum absolute atomic E-state index is 0.209. The highest BCUT2D eigenvalue weighted by Gasteiger charge is 2.16. The minimum Gasteiger partial charge on any atom is -0.341 e. The number of carbonyl (C=O) groups excluding carboxylic acids is 1. The molecule has 0 saturated heterocycles. The fourth-order valence-corrected chi connectivity index (χ4v) is 2.22. The molecule has 0 spiro atoms. The number of amides is 1. The molecule has 0 bridgehead atoms. The number of imidazole rings is 1. The van der Waals surface area contributed by atoms with Gasteiger partial charge in [-0.2, -0.15) is 5.10 Å². The second-order valence-electron chi connectivity index (χ2n) is 5.21. The van der Waals surface area contributed by atoms with Crippen LogP contribution in [0, 0.1) is 6.92 Å². The molecule has 1 amide bonds. The van der Waals surface area contributed by atoms with E-state index in [4.69, 9.17) is 0 Å². The van der Waals surface area contributed by atoms with Gasteiger partial charge in [-0.15, -0.1) is 0 Å². The van der Waals surface area contributed by atoms with Gasteiger partial charge in [0.05, 0.1) is 17.1 Å². The van der Waals surface area contributed by atoms with Gasteiger partial charge in [0.25, 0.3) is 5.91 Å². The first-order valence-electron chi connectivity index (χ1n) is 6.80. The van der Waals surface area contributed by atoms with Crippen molar-refractivity contribution < 1.29 is 4.79 Å². The van der Waals surface area contributed by atoms with Crippen LogP contribution in [0.25, 0.3) is 11.0 Å². The topological polar surface area (TPSA) is 75.6 Å². The van der Waals surface area contributed by atoms with Crippen molar-refractivity contribution in [2.45, 2.75) is 19.9 Å². The Morgan fingerprint density at radius 1 is 1.38 bits per heavy atom. The molecular weight excluding hydrogens is 266 g/mol. The highest BCUT2D eigenvalue weighted by molar-refractivity contribution is 5.92. The third kappa shape index (κ3) is 2.65. The number of aryl methyl sites for hydroxylation is 2. The number of rotatable bonds is 3. The first-order valence-corrected chi connectivity index (χ1v) is 6.80. The number of hydrogen-bond acceptors (Lipinski definition) is 3. The fraction of sp³-hybridized carbons (Fsp3) is 0.267. The molecule has 6 nitrogen and oxygen atoms in total. The van der Waals surface area contributed by atoms with Crippen LogP contribution in [0.3, 0.4) is 0 Å². The van der Waals surface area contributed by atoms with Crippen LogP contribution in [0.2, 0.25) is 0 Å². The van der Waals surface area contributed by atoms with Gasteiger partial charge in [0.2, 0.25) is 0 Å². The second-order valence-corrected chi connectivity index (χ2v) is 5.21. The van der Waals surface area contributed by atoms with E-state index in [0.29, 0.717) is 5.69 Å². The molecule has 108 valence electrons. The standard InChI is InChI=1S/C15H17N5O/c1-9-4-5-11-13(8-9)18-14(17-11)10(2)16-15(21)12-6-7-20(3)19-12/h4-8,10H,1-3H3,(H,16,21)(H,17,18)/t10-/m1/s1. The zero-order chi connectivity index (χ0) is 15.0. The van der Waals surface area contributed by atoms with Gasteiger partial charge < -0.3 is 10.3 Å². The van der Waals surface area contributed by atoms with E-state index in [0.717, 1.165) is 16.9 Å².